The number of hydrogen-bond donors (Lipinski definition) is 0. The quantitative estimate of drug-likeness (QED) is 0.209. The summed E-state index contributed by atoms with van der Waals surface area (Å²) >= 11 is 0. The highest BCUT2D eigenvalue weighted by Gasteiger charge is 2.27. The second kappa shape index (κ2) is 10.1. The summed E-state index contributed by atoms with van der Waals surface area (Å²) in [5.41, 5.74) is 11.3. The summed E-state index contributed by atoms with van der Waals surface area (Å²) in [4.78, 5) is 4.58. The number of para-hydroxylation sites is 4. The zero-order valence-corrected chi connectivity index (χ0v) is 23.0. The molecule has 0 amide bonds. The molecule has 3 heteroatoms. The maximum Gasteiger partial charge on any atom is 0.139 e. The van der Waals surface area contributed by atoms with Crippen LogP contribution in [0.25, 0.3) is 22.3 Å². The van der Waals surface area contributed by atoms with Crippen LogP contribution in [-0.2, 0) is 6.42 Å². The standard InChI is InChI=1S/C39H28N2O/c1-5-13-29(14-6-1)40(30-15-7-2-8-16-30)33-22-21-28-25-37-35-24-23-34(27-38(35)42-39(37)36(28)26-33)41(31-17-9-3-10-18-31)32-19-11-4-12-20-32/h1-24,26-27H,25H2. The average Bonchev–Trinajstić information content (AvgIpc) is 3.59. The van der Waals surface area contributed by atoms with Gasteiger partial charge in [0.05, 0.1) is 0 Å². The first-order valence-corrected chi connectivity index (χ1v) is 14.3. The molecule has 1 aromatic heterocycles. The first-order valence-electron chi connectivity index (χ1n) is 14.3. The molecule has 1 aliphatic carbocycles. The van der Waals surface area contributed by atoms with Crippen LogP contribution in [0.1, 0.15) is 11.1 Å². The Morgan fingerprint density at radius 2 is 0.881 bits per heavy atom. The van der Waals surface area contributed by atoms with Crippen molar-refractivity contribution in [2.45, 2.75) is 6.42 Å². The van der Waals surface area contributed by atoms with Gasteiger partial charge < -0.3 is 14.2 Å². The SMILES string of the molecule is c1ccc(N(c2ccccc2)c2ccc3c(c2)-c2oc4cc(N(c5ccccc5)c5ccccc5)ccc4c2C3)cc1. The highest BCUT2D eigenvalue weighted by Crippen LogP contribution is 2.47. The van der Waals surface area contributed by atoms with Crippen LogP contribution >= 0.6 is 0 Å². The normalized spacial score (nSPS) is 11.7. The topological polar surface area (TPSA) is 19.6 Å². The molecule has 0 N–H and O–H groups in total. The van der Waals surface area contributed by atoms with E-state index in [1.807, 2.05) is 0 Å². The number of hydrogen-bond acceptors (Lipinski definition) is 3. The third kappa shape index (κ3) is 4.15. The minimum absolute atomic E-state index is 0.870. The molecule has 0 saturated carbocycles. The van der Waals surface area contributed by atoms with Gasteiger partial charge in [-0.05, 0) is 78.4 Å². The zero-order valence-electron chi connectivity index (χ0n) is 23.0. The van der Waals surface area contributed by atoms with E-state index < -0.39 is 0 Å². The molecular formula is C39H28N2O. The van der Waals surface area contributed by atoms with Gasteiger partial charge in [0.25, 0.3) is 0 Å². The fraction of sp³-hybridized carbons (Fsp3) is 0.0256. The molecule has 7 aromatic rings. The molecule has 8 rings (SSSR count). The van der Waals surface area contributed by atoms with Gasteiger partial charge in [-0.1, -0.05) is 78.9 Å². The molecule has 1 aliphatic rings. The monoisotopic (exact) mass is 540 g/mol. The predicted molar refractivity (Wildman–Crippen MR) is 174 cm³/mol. The fourth-order valence-electron chi connectivity index (χ4n) is 6.13. The van der Waals surface area contributed by atoms with Crippen LogP contribution in [0.3, 0.4) is 0 Å². The average molecular weight is 541 g/mol. The Kier molecular flexibility index (Phi) is 5.86. The Morgan fingerprint density at radius 1 is 0.429 bits per heavy atom. The fourth-order valence-corrected chi connectivity index (χ4v) is 6.13. The number of rotatable bonds is 6. The first kappa shape index (κ1) is 24.3. The van der Waals surface area contributed by atoms with Crippen LogP contribution in [0.5, 0.6) is 0 Å². The number of anilines is 6. The molecule has 0 spiro atoms. The van der Waals surface area contributed by atoms with Crippen LogP contribution in [-0.4, -0.2) is 0 Å². The van der Waals surface area contributed by atoms with E-state index in [4.69, 9.17) is 4.42 Å². The number of nitrogens with zero attached hydrogens (tertiary/aromatic N) is 2. The third-order valence-electron chi connectivity index (χ3n) is 8.06. The summed E-state index contributed by atoms with van der Waals surface area (Å²) in [5.74, 6) is 0.978. The third-order valence-corrected chi connectivity index (χ3v) is 8.06. The van der Waals surface area contributed by atoms with Crippen molar-refractivity contribution in [1.29, 1.82) is 0 Å². The van der Waals surface area contributed by atoms with Crippen LogP contribution in [0.2, 0.25) is 0 Å². The van der Waals surface area contributed by atoms with Crippen molar-refractivity contribution in [3.05, 3.63) is 169 Å². The minimum atomic E-state index is 0.870. The van der Waals surface area contributed by atoms with Gasteiger partial charge in [-0.3, -0.25) is 0 Å². The lowest BCUT2D eigenvalue weighted by atomic mass is 10.1. The summed E-state index contributed by atoms with van der Waals surface area (Å²) in [6, 6.07) is 55.4. The van der Waals surface area contributed by atoms with Gasteiger partial charge in [0.1, 0.15) is 11.3 Å². The van der Waals surface area contributed by atoms with Gasteiger partial charge in [-0.2, -0.15) is 0 Å². The minimum Gasteiger partial charge on any atom is -0.456 e. The molecule has 6 aromatic carbocycles. The Bertz CT molecular complexity index is 1920. The van der Waals surface area contributed by atoms with Crippen molar-refractivity contribution in [2.75, 3.05) is 9.80 Å². The summed E-state index contributed by atoms with van der Waals surface area (Å²) in [5, 5.41) is 1.18. The molecule has 3 nitrogen and oxygen atoms in total. The van der Waals surface area contributed by atoms with E-state index in [9.17, 15) is 0 Å². The Labute approximate surface area is 245 Å². The molecule has 0 aliphatic heterocycles. The molecule has 0 radical (unpaired) electrons. The number of furan rings is 1. The largest absolute Gasteiger partial charge is 0.456 e. The van der Waals surface area contributed by atoms with E-state index in [0.29, 0.717) is 0 Å². The molecule has 0 saturated heterocycles. The van der Waals surface area contributed by atoms with Crippen LogP contribution in [0.4, 0.5) is 34.1 Å². The van der Waals surface area contributed by atoms with Crippen molar-refractivity contribution >= 4 is 45.1 Å². The second-order valence-corrected chi connectivity index (χ2v) is 10.6. The molecular weight excluding hydrogens is 512 g/mol. The maximum atomic E-state index is 6.70. The Hall–Kier alpha value is -5.54. The van der Waals surface area contributed by atoms with Crippen molar-refractivity contribution in [2.24, 2.45) is 0 Å². The van der Waals surface area contributed by atoms with Crippen molar-refractivity contribution < 1.29 is 4.42 Å². The lowest BCUT2D eigenvalue weighted by Crippen LogP contribution is -2.09. The molecule has 0 fully saturated rings. The van der Waals surface area contributed by atoms with Gasteiger partial charge in [-0.15, -0.1) is 0 Å². The van der Waals surface area contributed by atoms with Gasteiger partial charge in [0, 0.05) is 63.1 Å². The highest BCUT2D eigenvalue weighted by molar-refractivity contribution is 5.95. The Morgan fingerprint density at radius 3 is 1.38 bits per heavy atom. The molecule has 200 valence electrons. The highest BCUT2D eigenvalue weighted by atomic mass is 16.3. The van der Waals surface area contributed by atoms with Gasteiger partial charge in [0.2, 0.25) is 0 Å². The van der Waals surface area contributed by atoms with E-state index in [2.05, 4.69) is 168 Å². The van der Waals surface area contributed by atoms with E-state index >= 15 is 0 Å². The van der Waals surface area contributed by atoms with E-state index in [1.165, 1.54) is 22.1 Å². The lowest BCUT2D eigenvalue weighted by Gasteiger charge is -2.26. The predicted octanol–water partition coefficient (Wildman–Crippen LogP) is 10.9. The summed E-state index contributed by atoms with van der Waals surface area (Å²) < 4.78 is 6.70. The lowest BCUT2D eigenvalue weighted by molar-refractivity contribution is 0.631. The molecule has 0 atom stereocenters. The molecule has 0 unspecified atom stereocenters. The Balaban J connectivity index is 1.23. The van der Waals surface area contributed by atoms with Crippen molar-refractivity contribution in [3.8, 4) is 11.3 Å². The van der Waals surface area contributed by atoms with Crippen molar-refractivity contribution in [1.82, 2.24) is 0 Å². The summed E-state index contributed by atoms with van der Waals surface area (Å²) in [7, 11) is 0. The van der Waals surface area contributed by atoms with E-state index in [1.54, 1.807) is 0 Å². The van der Waals surface area contributed by atoms with Gasteiger partial charge >= 0.3 is 0 Å². The molecule has 42 heavy (non-hydrogen) atoms. The molecule has 1 heterocycles. The second-order valence-electron chi connectivity index (χ2n) is 10.6. The van der Waals surface area contributed by atoms with Crippen LogP contribution in [0.15, 0.2) is 162 Å². The summed E-state index contributed by atoms with van der Waals surface area (Å²) in [6.45, 7) is 0. The van der Waals surface area contributed by atoms with E-state index in [-0.39, 0.29) is 0 Å². The van der Waals surface area contributed by atoms with Crippen molar-refractivity contribution in [3.63, 3.8) is 0 Å². The van der Waals surface area contributed by atoms with Gasteiger partial charge in [-0.25, -0.2) is 0 Å². The maximum absolute atomic E-state index is 6.70. The van der Waals surface area contributed by atoms with E-state index in [0.717, 1.165) is 51.9 Å². The number of fused-ring (bicyclic) bond motifs is 5. The van der Waals surface area contributed by atoms with Crippen LogP contribution in [0, 0.1) is 0 Å². The summed E-state index contributed by atoms with van der Waals surface area (Å²) in [6.07, 6.45) is 0.870. The van der Waals surface area contributed by atoms with Gasteiger partial charge in [0.15, 0.2) is 0 Å². The number of benzene rings is 6. The molecule has 0 bridgehead atoms. The first-order chi connectivity index (χ1) is 20.8. The smallest absolute Gasteiger partial charge is 0.139 e. The van der Waals surface area contributed by atoms with Crippen LogP contribution < -0.4 is 9.80 Å². The zero-order chi connectivity index (χ0) is 27.9.